The minimum atomic E-state index is -3.34. The third-order valence-corrected chi connectivity index (χ3v) is 2.43. The Balaban J connectivity index is 3.01. The molecule has 0 bridgehead atoms. The lowest BCUT2D eigenvalue weighted by atomic mass is 10.2. The first kappa shape index (κ1) is 11.6. The Morgan fingerprint density at radius 3 is 2.73 bits per heavy atom. The van der Waals surface area contributed by atoms with Crippen LogP contribution in [0.3, 0.4) is 0 Å². The van der Waals surface area contributed by atoms with E-state index in [0.717, 1.165) is 6.26 Å². The van der Waals surface area contributed by atoms with Crippen molar-refractivity contribution in [3.8, 4) is 5.75 Å². The number of hydrogen-bond acceptors (Lipinski definition) is 5. The molecule has 0 atom stereocenters. The van der Waals surface area contributed by atoms with E-state index in [1.54, 1.807) is 12.1 Å². The van der Waals surface area contributed by atoms with Gasteiger partial charge in [-0.05, 0) is 12.1 Å². The van der Waals surface area contributed by atoms with E-state index >= 15 is 0 Å². The summed E-state index contributed by atoms with van der Waals surface area (Å²) < 4.78 is 26.8. The fourth-order valence-electron chi connectivity index (χ4n) is 1.07. The van der Waals surface area contributed by atoms with Crippen molar-refractivity contribution in [1.82, 2.24) is 4.98 Å². The monoisotopic (exact) mass is 229 g/mol. The highest BCUT2D eigenvalue weighted by Crippen LogP contribution is 2.15. The minimum absolute atomic E-state index is 0.0467. The molecule has 5 nitrogen and oxygen atoms in total. The summed E-state index contributed by atoms with van der Waals surface area (Å²) in [6.45, 7) is 0. The zero-order valence-corrected chi connectivity index (χ0v) is 9.24. The number of aromatic nitrogens is 1. The predicted molar refractivity (Wildman–Crippen MR) is 54.8 cm³/mol. The number of carbonyl (C=O) groups is 1. The summed E-state index contributed by atoms with van der Waals surface area (Å²) in [4.78, 5) is 15.3. The van der Waals surface area contributed by atoms with Crippen molar-refractivity contribution in [2.45, 2.75) is 0 Å². The second kappa shape index (κ2) is 4.39. The lowest BCUT2D eigenvalue weighted by Gasteiger charge is -2.04. The molecule has 0 aliphatic carbocycles. The molecule has 1 rings (SSSR count). The van der Waals surface area contributed by atoms with Gasteiger partial charge in [-0.1, -0.05) is 0 Å². The fraction of sp³-hybridized carbons (Fsp3) is 0.333. The summed E-state index contributed by atoms with van der Waals surface area (Å²) in [5.41, 5.74) is 0.0467. The van der Waals surface area contributed by atoms with Gasteiger partial charge in [-0.3, -0.25) is 4.79 Å². The van der Waals surface area contributed by atoms with Gasteiger partial charge in [-0.15, -0.1) is 0 Å². The molecule has 0 saturated carbocycles. The van der Waals surface area contributed by atoms with Crippen LogP contribution in [-0.4, -0.2) is 38.3 Å². The highest BCUT2D eigenvalue weighted by molar-refractivity contribution is 7.91. The van der Waals surface area contributed by atoms with Crippen LogP contribution in [0, 0.1) is 0 Å². The number of ketones is 1. The van der Waals surface area contributed by atoms with Gasteiger partial charge in [0.05, 0.1) is 7.11 Å². The highest BCUT2D eigenvalue weighted by atomic mass is 32.2. The molecule has 1 aromatic rings. The predicted octanol–water partition coefficient (Wildman–Crippen LogP) is 0.318. The number of methoxy groups -OCH3 is 1. The van der Waals surface area contributed by atoms with Crippen LogP contribution in [0.2, 0.25) is 0 Å². The first-order chi connectivity index (χ1) is 6.94. The molecule has 0 aromatic carbocycles. The van der Waals surface area contributed by atoms with Crippen LogP contribution in [0.25, 0.3) is 0 Å². The van der Waals surface area contributed by atoms with E-state index in [9.17, 15) is 13.2 Å². The number of hydrogen-bond donors (Lipinski definition) is 0. The molecule has 0 saturated heterocycles. The van der Waals surface area contributed by atoms with Crippen molar-refractivity contribution in [2.75, 3.05) is 19.1 Å². The first-order valence-electron chi connectivity index (χ1n) is 4.14. The molecule has 0 spiro atoms. The summed E-state index contributed by atoms with van der Waals surface area (Å²) in [5, 5.41) is 0. The van der Waals surface area contributed by atoms with Gasteiger partial charge in [0.2, 0.25) is 0 Å². The summed E-state index contributed by atoms with van der Waals surface area (Å²) >= 11 is 0. The Bertz CT molecular complexity index is 467. The van der Waals surface area contributed by atoms with Crippen molar-refractivity contribution in [3.05, 3.63) is 24.0 Å². The van der Waals surface area contributed by atoms with Crippen LogP contribution in [0.5, 0.6) is 5.75 Å². The lowest BCUT2D eigenvalue weighted by molar-refractivity contribution is 0.101. The Hall–Kier alpha value is -1.43. The smallest absolute Gasteiger partial charge is 0.199 e. The number of sulfone groups is 1. The standard InChI is InChI=1S/C9H11NO4S/c1-14-8-4-3-5-10-9(8)7(11)6-15(2,12)13/h3-5H,6H2,1-2H3. The molecule has 1 aromatic heterocycles. The molecule has 1 heterocycles. The van der Waals surface area contributed by atoms with E-state index in [1.807, 2.05) is 0 Å². The molecular formula is C9H11NO4S. The van der Waals surface area contributed by atoms with Crippen molar-refractivity contribution < 1.29 is 17.9 Å². The third-order valence-electron chi connectivity index (χ3n) is 1.65. The van der Waals surface area contributed by atoms with Crippen LogP contribution >= 0.6 is 0 Å². The fourth-order valence-corrected chi connectivity index (χ4v) is 1.68. The van der Waals surface area contributed by atoms with Crippen LogP contribution in [0.1, 0.15) is 10.5 Å². The summed E-state index contributed by atoms with van der Waals surface area (Å²) in [5.74, 6) is -0.832. The Morgan fingerprint density at radius 2 is 2.20 bits per heavy atom. The number of nitrogens with zero attached hydrogens (tertiary/aromatic N) is 1. The van der Waals surface area contributed by atoms with E-state index in [1.165, 1.54) is 13.3 Å². The molecule has 15 heavy (non-hydrogen) atoms. The van der Waals surface area contributed by atoms with Gasteiger partial charge in [-0.2, -0.15) is 0 Å². The SMILES string of the molecule is COc1cccnc1C(=O)CS(C)(=O)=O. The van der Waals surface area contributed by atoms with E-state index in [2.05, 4.69) is 4.98 Å². The van der Waals surface area contributed by atoms with Gasteiger partial charge >= 0.3 is 0 Å². The van der Waals surface area contributed by atoms with Gasteiger partial charge in [0.25, 0.3) is 0 Å². The molecule has 0 aliphatic rings. The van der Waals surface area contributed by atoms with Crippen molar-refractivity contribution in [2.24, 2.45) is 0 Å². The van der Waals surface area contributed by atoms with Gasteiger partial charge in [-0.25, -0.2) is 13.4 Å². The largest absolute Gasteiger partial charge is 0.494 e. The maximum Gasteiger partial charge on any atom is 0.199 e. The van der Waals surface area contributed by atoms with Gasteiger partial charge in [0.15, 0.2) is 15.6 Å². The first-order valence-corrected chi connectivity index (χ1v) is 6.20. The van der Waals surface area contributed by atoms with E-state index in [0.29, 0.717) is 0 Å². The Labute approximate surface area is 88.0 Å². The molecule has 0 radical (unpaired) electrons. The number of ether oxygens (including phenoxy) is 1. The molecule has 0 amide bonds. The van der Waals surface area contributed by atoms with Crippen LogP contribution in [-0.2, 0) is 9.84 Å². The maximum absolute atomic E-state index is 11.5. The quantitative estimate of drug-likeness (QED) is 0.695. The van der Waals surface area contributed by atoms with Gasteiger partial charge in [0, 0.05) is 12.5 Å². The average Bonchev–Trinajstić information content (AvgIpc) is 2.15. The average molecular weight is 229 g/mol. The summed E-state index contributed by atoms with van der Waals surface area (Å²) in [6.07, 6.45) is 2.42. The minimum Gasteiger partial charge on any atom is -0.494 e. The summed E-state index contributed by atoms with van der Waals surface area (Å²) in [6, 6.07) is 3.17. The second-order valence-electron chi connectivity index (χ2n) is 3.05. The Morgan fingerprint density at radius 1 is 1.53 bits per heavy atom. The Kier molecular flexibility index (Phi) is 3.41. The third kappa shape index (κ3) is 3.32. The molecule has 6 heteroatoms. The van der Waals surface area contributed by atoms with E-state index < -0.39 is 21.4 Å². The number of carbonyl (C=O) groups excluding carboxylic acids is 1. The van der Waals surface area contributed by atoms with Crippen LogP contribution in [0.15, 0.2) is 18.3 Å². The normalized spacial score (nSPS) is 11.1. The van der Waals surface area contributed by atoms with Crippen molar-refractivity contribution in [1.29, 1.82) is 0 Å². The molecule has 0 N–H and O–H groups in total. The highest BCUT2D eigenvalue weighted by Gasteiger charge is 2.18. The maximum atomic E-state index is 11.5. The topological polar surface area (TPSA) is 73.3 Å². The molecule has 82 valence electrons. The van der Waals surface area contributed by atoms with E-state index in [4.69, 9.17) is 4.74 Å². The van der Waals surface area contributed by atoms with Crippen molar-refractivity contribution in [3.63, 3.8) is 0 Å². The number of pyridine rings is 1. The zero-order chi connectivity index (χ0) is 11.5. The molecule has 0 unspecified atom stereocenters. The summed E-state index contributed by atoms with van der Waals surface area (Å²) in [7, 11) is -1.94. The zero-order valence-electron chi connectivity index (χ0n) is 8.43. The molecule has 0 aliphatic heterocycles. The van der Waals surface area contributed by atoms with Crippen LogP contribution < -0.4 is 4.74 Å². The van der Waals surface area contributed by atoms with Crippen LogP contribution in [0.4, 0.5) is 0 Å². The van der Waals surface area contributed by atoms with E-state index in [-0.39, 0.29) is 11.4 Å². The number of rotatable bonds is 4. The van der Waals surface area contributed by atoms with Crippen molar-refractivity contribution >= 4 is 15.6 Å². The van der Waals surface area contributed by atoms with Gasteiger partial charge < -0.3 is 4.74 Å². The molecular weight excluding hydrogens is 218 g/mol. The lowest BCUT2D eigenvalue weighted by Crippen LogP contribution is -2.16. The molecule has 0 fully saturated rings. The number of Topliss-reactive ketones (excluding diaryl/α,β-unsaturated/α-hetero) is 1. The van der Waals surface area contributed by atoms with Gasteiger partial charge in [0.1, 0.15) is 17.2 Å². The second-order valence-corrected chi connectivity index (χ2v) is 5.19.